The van der Waals surface area contributed by atoms with Gasteiger partial charge in [0.05, 0.1) is 5.54 Å². The molecule has 1 heterocycles. The lowest BCUT2D eigenvalue weighted by Gasteiger charge is -2.21. The van der Waals surface area contributed by atoms with Gasteiger partial charge in [-0.15, -0.1) is 0 Å². The van der Waals surface area contributed by atoms with Crippen molar-refractivity contribution in [3.63, 3.8) is 0 Å². The summed E-state index contributed by atoms with van der Waals surface area (Å²) >= 11 is 0. The predicted octanol–water partition coefficient (Wildman–Crippen LogP) is 1.63. The van der Waals surface area contributed by atoms with Crippen molar-refractivity contribution in [2.75, 3.05) is 7.05 Å². The summed E-state index contributed by atoms with van der Waals surface area (Å²) in [6.45, 7) is 6.80. The Morgan fingerprint density at radius 1 is 1.50 bits per heavy atom. The minimum atomic E-state index is -0.146. The van der Waals surface area contributed by atoms with Crippen LogP contribution in [-0.4, -0.2) is 28.4 Å². The molecule has 2 N–H and O–H groups in total. The number of aromatic nitrogens is 1. The molecule has 1 rings (SSSR count). The standard InChI is InChI=1S/C12H20N4/c1-12(2,3)15-11(13)16(4)9-10-6-5-7-14-8-10/h5-8H,9H2,1-4H3,(H2,13,15). The molecule has 0 bridgehead atoms. The molecule has 4 heteroatoms. The highest BCUT2D eigenvalue weighted by Gasteiger charge is 2.10. The fourth-order valence-electron chi connectivity index (χ4n) is 1.28. The van der Waals surface area contributed by atoms with E-state index in [1.807, 2.05) is 51.0 Å². The number of rotatable bonds is 2. The van der Waals surface area contributed by atoms with Crippen LogP contribution < -0.4 is 5.73 Å². The lowest BCUT2D eigenvalue weighted by atomic mass is 10.1. The number of nitrogens with zero attached hydrogens (tertiary/aromatic N) is 3. The Kier molecular flexibility index (Phi) is 3.88. The van der Waals surface area contributed by atoms with Crippen LogP contribution in [0.15, 0.2) is 29.5 Å². The van der Waals surface area contributed by atoms with Gasteiger partial charge in [-0.25, -0.2) is 4.99 Å². The van der Waals surface area contributed by atoms with Crippen molar-refractivity contribution in [1.29, 1.82) is 0 Å². The Hall–Kier alpha value is -1.58. The third-order valence-corrected chi connectivity index (χ3v) is 1.98. The molecule has 0 unspecified atom stereocenters. The first-order valence-electron chi connectivity index (χ1n) is 5.34. The van der Waals surface area contributed by atoms with Crippen molar-refractivity contribution in [2.24, 2.45) is 10.7 Å². The number of aliphatic imine (C=N–C) groups is 1. The van der Waals surface area contributed by atoms with Gasteiger partial charge < -0.3 is 10.6 Å². The van der Waals surface area contributed by atoms with Gasteiger partial charge in [-0.2, -0.15) is 0 Å². The van der Waals surface area contributed by atoms with Gasteiger partial charge in [0.1, 0.15) is 0 Å². The van der Waals surface area contributed by atoms with Gasteiger partial charge >= 0.3 is 0 Å². The van der Waals surface area contributed by atoms with Gasteiger partial charge in [-0.05, 0) is 32.4 Å². The Morgan fingerprint density at radius 2 is 2.19 bits per heavy atom. The van der Waals surface area contributed by atoms with E-state index in [4.69, 9.17) is 5.73 Å². The quantitative estimate of drug-likeness (QED) is 0.608. The Labute approximate surface area is 97.2 Å². The first-order valence-corrected chi connectivity index (χ1v) is 5.34. The average molecular weight is 220 g/mol. The molecule has 0 radical (unpaired) electrons. The molecule has 1 aromatic heterocycles. The normalized spacial score (nSPS) is 12.6. The molecule has 0 saturated carbocycles. The molecular weight excluding hydrogens is 200 g/mol. The smallest absolute Gasteiger partial charge is 0.191 e. The zero-order valence-corrected chi connectivity index (χ0v) is 10.4. The summed E-state index contributed by atoms with van der Waals surface area (Å²) in [5, 5.41) is 0. The summed E-state index contributed by atoms with van der Waals surface area (Å²) < 4.78 is 0. The van der Waals surface area contributed by atoms with Crippen LogP contribution in [0.4, 0.5) is 0 Å². The van der Waals surface area contributed by atoms with Crippen LogP contribution in [0.5, 0.6) is 0 Å². The molecule has 0 amide bonds. The Morgan fingerprint density at radius 3 is 2.69 bits per heavy atom. The molecule has 88 valence electrons. The maximum Gasteiger partial charge on any atom is 0.191 e. The fraction of sp³-hybridized carbons (Fsp3) is 0.500. The minimum Gasteiger partial charge on any atom is -0.370 e. The van der Waals surface area contributed by atoms with Gasteiger partial charge in [0.25, 0.3) is 0 Å². The highest BCUT2D eigenvalue weighted by molar-refractivity contribution is 5.78. The lowest BCUT2D eigenvalue weighted by molar-refractivity contribution is 0.473. The molecule has 0 saturated heterocycles. The summed E-state index contributed by atoms with van der Waals surface area (Å²) in [7, 11) is 1.93. The van der Waals surface area contributed by atoms with E-state index >= 15 is 0 Å². The van der Waals surface area contributed by atoms with E-state index < -0.39 is 0 Å². The summed E-state index contributed by atoms with van der Waals surface area (Å²) in [5.41, 5.74) is 6.88. The van der Waals surface area contributed by atoms with Crippen LogP contribution in [-0.2, 0) is 6.54 Å². The van der Waals surface area contributed by atoms with Gasteiger partial charge in [0.15, 0.2) is 5.96 Å². The monoisotopic (exact) mass is 220 g/mol. The largest absolute Gasteiger partial charge is 0.370 e. The van der Waals surface area contributed by atoms with Crippen molar-refractivity contribution in [3.05, 3.63) is 30.1 Å². The van der Waals surface area contributed by atoms with E-state index in [9.17, 15) is 0 Å². The summed E-state index contributed by atoms with van der Waals surface area (Å²) in [5.74, 6) is 0.552. The van der Waals surface area contributed by atoms with Crippen LogP contribution in [0.2, 0.25) is 0 Å². The third-order valence-electron chi connectivity index (χ3n) is 1.98. The van der Waals surface area contributed by atoms with Crippen LogP contribution in [0.3, 0.4) is 0 Å². The van der Waals surface area contributed by atoms with E-state index in [1.54, 1.807) is 6.20 Å². The molecule has 1 aromatic rings. The third kappa shape index (κ3) is 4.29. The molecule has 0 aromatic carbocycles. The average Bonchev–Trinajstić information content (AvgIpc) is 2.16. The molecule has 0 fully saturated rings. The zero-order chi connectivity index (χ0) is 12.2. The highest BCUT2D eigenvalue weighted by Crippen LogP contribution is 2.07. The van der Waals surface area contributed by atoms with E-state index in [1.165, 1.54) is 0 Å². The maximum absolute atomic E-state index is 5.91. The van der Waals surface area contributed by atoms with Crippen LogP contribution >= 0.6 is 0 Å². The second kappa shape index (κ2) is 4.96. The molecule has 0 spiro atoms. The summed E-state index contributed by atoms with van der Waals surface area (Å²) in [4.78, 5) is 10.4. The Bertz CT molecular complexity index is 351. The van der Waals surface area contributed by atoms with Crippen LogP contribution in [0.1, 0.15) is 26.3 Å². The van der Waals surface area contributed by atoms with Crippen molar-refractivity contribution >= 4 is 5.96 Å². The topological polar surface area (TPSA) is 54.5 Å². The van der Waals surface area contributed by atoms with E-state index in [2.05, 4.69) is 9.98 Å². The van der Waals surface area contributed by atoms with Gasteiger partial charge in [0, 0.05) is 26.0 Å². The number of nitrogens with two attached hydrogens (primary N) is 1. The minimum absolute atomic E-state index is 0.146. The molecule has 0 atom stereocenters. The fourth-order valence-corrected chi connectivity index (χ4v) is 1.28. The molecule has 0 aliphatic heterocycles. The second-order valence-electron chi connectivity index (χ2n) is 4.86. The van der Waals surface area contributed by atoms with Crippen LogP contribution in [0, 0.1) is 0 Å². The highest BCUT2D eigenvalue weighted by atomic mass is 15.2. The van der Waals surface area contributed by atoms with Gasteiger partial charge in [0.2, 0.25) is 0 Å². The van der Waals surface area contributed by atoms with Crippen molar-refractivity contribution in [2.45, 2.75) is 32.9 Å². The van der Waals surface area contributed by atoms with E-state index in [-0.39, 0.29) is 5.54 Å². The van der Waals surface area contributed by atoms with Crippen molar-refractivity contribution < 1.29 is 0 Å². The van der Waals surface area contributed by atoms with Crippen molar-refractivity contribution in [3.8, 4) is 0 Å². The number of hydrogen-bond acceptors (Lipinski definition) is 2. The summed E-state index contributed by atoms with van der Waals surface area (Å²) in [6.07, 6.45) is 3.59. The molecule has 0 aliphatic carbocycles. The SMILES string of the molecule is CN(Cc1cccnc1)C(N)=NC(C)(C)C. The molecule has 4 nitrogen and oxygen atoms in total. The van der Waals surface area contributed by atoms with E-state index in [0.29, 0.717) is 5.96 Å². The Balaban J connectivity index is 2.66. The summed E-state index contributed by atoms with van der Waals surface area (Å²) in [6, 6.07) is 3.94. The lowest BCUT2D eigenvalue weighted by Crippen LogP contribution is -2.35. The number of pyridine rings is 1. The molecule has 0 aliphatic rings. The maximum atomic E-state index is 5.91. The first-order chi connectivity index (χ1) is 7.38. The van der Waals surface area contributed by atoms with Gasteiger partial charge in [-0.1, -0.05) is 6.07 Å². The second-order valence-corrected chi connectivity index (χ2v) is 4.86. The van der Waals surface area contributed by atoms with E-state index in [0.717, 1.165) is 12.1 Å². The zero-order valence-electron chi connectivity index (χ0n) is 10.4. The first kappa shape index (κ1) is 12.5. The molecule has 16 heavy (non-hydrogen) atoms. The van der Waals surface area contributed by atoms with Crippen LogP contribution in [0.25, 0.3) is 0 Å². The molecular formula is C12H20N4. The number of guanidine groups is 1. The van der Waals surface area contributed by atoms with Gasteiger partial charge in [-0.3, -0.25) is 4.98 Å². The predicted molar refractivity (Wildman–Crippen MR) is 67.1 cm³/mol. The van der Waals surface area contributed by atoms with Crippen molar-refractivity contribution in [1.82, 2.24) is 9.88 Å². The number of hydrogen-bond donors (Lipinski definition) is 1.